The minimum absolute atomic E-state index is 0.0662. The Kier molecular flexibility index (Phi) is 2.74. The first-order chi connectivity index (χ1) is 8.99. The molecule has 0 radical (unpaired) electrons. The van der Waals surface area contributed by atoms with Gasteiger partial charge in [0.15, 0.2) is 0 Å². The highest BCUT2D eigenvalue weighted by Crippen LogP contribution is 2.33. The van der Waals surface area contributed by atoms with E-state index in [-0.39, 0.29) is 26.1 Å². The Morgan fingerprint density at radius 3 is 2.05 bits per heavy atom. The fourth-order valence-corrected chi connectivity index (χ4v) is 2.43. The maximum Gasteiger partial charge on any atom is 0.349 e. The molecule has 0 atom stereocenters. The first-order valence-electron chi connectivity index (χ1n) is 5.05. The molecule has 0 saturated carbocycles. The predicted molar refractivity (Wildman–Crippen MR) is 70.8 cm³/mol. The molecule has 3 aromatic rings. The van der Waals surface area contributed by atoms with Crippen LogP contribution in [0.15, 0.2) is 15.7 Å². The second kappa shape index (κ2) is 4.19. The van der Waals surface area contributed by atoms with Crippen molar-refractivity contribution in [3.05, 3.63) is 41.8 Å². The first kappa shape index (κ1) is 12.4. The molecule has 3 rings (SSSR count). The third-order valence-electron chi connectivity index (χ3n) is 2.67. The van der Waals surface area contributed by atoms with E-state index < -0.39 is 11.1 Å². The number of benzene rings is 1. The zero-order valence-electron chi connectivity index (χ0n) is 9.03. The van der Waals surface area contributed by atoms with Gasteiger partial charge in [-0.05, 0) is 0 Å². The number of H-pyrrole nitrogens is 4. The molecule has 0 bridgehead atoms. The van der Waals surface area contributed by atoms with Crippen molar-refractivity contribution >= 4 is 56.9 Å². The molecular formula is C10H5Cl3N4O2+2. The lowest BCUT2D eigenvalue weighted by molar-refractivity contribution is -0.362. The Balaban J connectivity index is 2.64. The number of nitrogens with one attached hydrogen (secondary N) is 4. The Morgan fingerprint density at radius 2 is 1.42 bits per heavy atom. The number of aromatic nitrogens is 4. The largest absolute Gasteiger partial charge is 0.349 e. The van der Waals surface area contributed by atoms with Gasteiger partial charge in [-0.15, -0.1) is 0 Å². The summed E-state index contributed by atoms with van der Waals surface area (Å²) >= 11 is 17.9. The predicted octanol–water partition coefficient (Wildman–Crippen LogP) is 0.958. The second-order valence-corrected chi connectivity index (χ2v) is 4.98. The Morgan fingerprint density at radius 1 is 0.842 bits per heavy atom. The molecule has 9 heteroatoms. The number of hydrogen-bond donors (Lipinski definition) is 2. The summed E-state index contributed by atoms with van der Waals surface area (Å²) in [6.07, 6.45) is 0. The maximum atomic E-state index is 11.7. The van der Waals surface area contributed by atoms with Crippen molar-refractivity contribution in [2.24, 2.45) is 0 Å². The fourth-order valence-electron chi connectivity index (χ4n) is 1.78. The minimum Gasteiger partial charge on any atom is -0.260 e. The molecule has 0 aliphatic carbocycles. The van der Waals surface area contributed by atoms with Crippen molar-refractivity contribution < 1.29 is 9.97 Å². The van der Waals surface area contributed by atoms with Crippen LogP contribution in [0.5, 0.6) is 0 Å². The van der Waals surface area contributed by atoms with Crippen molar-refractivity contribution in [1.82, 2.24) is 10.2 Å². The summed E-state index contributed by atoms with van der Waals surface area (Å²) in [6.45, 7) is 0. The summed E-state index contributed by atoms with van der Waals surface area (Å²) in [4.78, 5) is 28.9. The third kappa shape index (κ3) is 1.80. The summed E-state index contributed by atoms with van der Waals surface area (Å²) in [5, 5.41) is 4.99. The van der Waals surface area contributed by atoms with Crippen molar-refractivity contribution in [2.75, 3.05) is 0 Å². The number of aromatic amines is 4. The average Bonchev–Trinajstić information content (AvgIpc) is 2.39. The summed E-state index contributed by atoms with van der Waals surface area (Å²) in [6, 6.07) is 1.52. The number of halogens is 3. The van der Waals surface area contributed by atoms with Gasteiger partial charge in [-0.2, -0.15) is 9.97 Å². The minimum atomic E-state index is -0.491. The summed E-state index contributed by atoms with van der Waals surface area (Å²) < 4.78 is 0. The van der Waals surface area contributed by atoms with Crippen LogP contribution in [0.4, 0.5) is 0 Å². The Bertz CT molecular complexity index is 947. The topological polar surface area (TPSA) is 94.0 Å². The van der Waals surface area contributed by atoms with E-state index in [0.717, 1.165) is 0 Å². The molecule has 1 aromatic carbocycles. The molecule has 0 aliphatic heterocycles. The number of rotatable bonds is 0. The molecule has 0 fully saturated rings. The van der Waals surface area contributed by atoms with Crippen LogP contribution in [0.3, 0.4) is 0 Å². The van der Waals surface area contributed by atoms with Gasteiger partial charge in [0.05, 0.1) is 10.0 Å². The summed E-state index contributed by atoms with van der Waals surface area (Å²) in [7, 11) is 0. The van der Waals surface area contributed by atoms with Gasteiger partial charge >= 0.3 is 22.2 Å². The van der Waals surface area contributed by atoms with E-state index in [1.165, 1.54) is 6.07 Å². The van der Waals surface area contributed by atoms with Gasteiger partial charge in [0.25, 0.3) is 11.0 Å². The van der Waals surface area contributed by atoms with Gasteiger partial charge in [-0.3, -0.25) is 19.8 Å². The smallest absolute Gasteiger partial charge is 0.260 e. The van der Waals surface area contributed by atoms with E-state index in [1.807, 2.05) is 0 Å². The van der Waals surface area contributed by atoms with Gasteiger partial charge in [0.2, 0.25) is 0 Å². The third-order valence-corrected chi connectivity index (χ3v) is 3.93. The van der Waals surface area contributed by atoms with E-state index >= 15 is 0 Å². The quantitative estimate of drug-likeness (QED) is 0.477. The van der Waals surface area contributed by atoms with Gasteiger partial charge in [-0.25, -0.2) is 0 Å². The standard InChI is InChI=1S/C10H3Cl3N4O2/c11-2-1-3-6(5(13)4(2)12)15-8-7(14-3)9(18)16-17-10(8)19/h1H,(H,16,18)(H,17,19)/p+2. The van der Waals surface area contributed by atoms with Gasteiger partial charge < -0.3 is 0 Å². The zero-order valence-corrected chi connectivity index (χ0v) is 11.3. The molecule has 2 aromatic heterocycles. The average molecular weight is 320 g/mol. The highest BCUT2D eigenvalue weighted by atomic mass is 35.5. The molecule has 96 valence electrons. The van der Waals surface area contributed by atoms with E-state index in [2.05, 4.69) is 20.2 Å². The van der Waals surface area contributed by atoms with Crippen LogP contribution < -0.4 is 21.1 Å². The van der Waals surface area contributed by atoms with Crippen LogP contribution in [0.1, 0.15) is 0 Å². The molecule has 0 saturated heterocycles. The molecule has 0 spiro atoms. The van der Waals surface area contributed by atoms with Crippen LogP contribution in [0.2, 0.25) is 15.1 Å². The van der Waals surface area contributed by atoms with Crippen LogP contribution in [0, 0.1) is 0 Å². The van der Waals surface area contributed by atoms with Gasteiger partial charge in [-0.1, -0.05) is 34.8 Å². The lowest BCUT2D eigenvalue weighted by Crippen LogP contribution is -2.32. The second-order valence-electron chi connectivity index (χ2n) is 3.82. The maximum absolute atomic E-state index is 11.7. The van der Waals surface area contributed by atoms with E-state index in [1.54, 1.807) is 0 Å². The number of hydrogen-bond acceptors (Lipinski definition) is 2. The fraction of sp³-hybridized carbons (Fsp3) is 0. The van der Waals surface area contributed by atoms with Crippen LogP contribution in [-0.2, 0) is 0 Å². The zero-order chi connectivity index (χ0) is 13.7. The van der Waals surface area contributed by atoms with Crippen molar-refractivity contribution in [3.63, 3.8) is 0 Å². The molecule has 0 amide bonds. The first-order valence-corrected chi connectivity index (χ1v) is 6.19. The molecule has 6 nitrogen and oxygen atoms in total. The summed E-state index contributed by atoms with van der Waals surface area (Å²) in [5.74, 6) is 0. The van der Waals surface area contributed by atoms with Crippen LogP contribution in [-0.4, -0.2) is 10.2 Å². The SMILES string of the molecule is O=c1[nH][nH]c(=O)c2[nH+]c3c(Cl)c(Cl)c(Cl)cc3[nH+]c12. The normalized spacial score (nSPS) is 11.3. The monoisotopic (exact) mass is 318 g/mol. The molecule has 19 heavy (non-hydrogen) atoms. The Hall–Kier alpha value is -1.63. The molecule has 0 aliphatic rings. The number of fused-ring (bicyclic) bond motifs is 2. The lowest BCUT2D eigenvalue weighted by Gasteiger charge is -1.97. The molecular weight excluding hydrogens is 314 g/mol. The highest BCUT2D eigenvalue weighted by molar-refractivity contribution is 6.50. The van der Waals surface area contributed by atoms with Crippen molar-refractivity contribution in [3.8, 4) is 0 Å². The van der Waals surface area contributed by atoms with Crippen LogP contribution in [0.25, 0.3) is 22.1 Å². The van der Waals surface area contributed by atoms with Gasteiger partial charge in [0, 0.05) is 6.07 Å². The molecule has 4 N–H and O–H groups in total. The van der Waals surface area contributed by atoms with Crippen molar-refractivity contribution in [2.45, 2.75) is 0 Å². The van der Waals surface area contributed by atoms with Crippen LogP contribution >= 0.6 is 34.8 Å². The lowest BCUT2D eigenvalue weighted by atomic mass is 10.3. The van der Waals surface area contributed by atoms with E-state index in [4.69, 9.17) is 34.8 Å². The Labute approximate surface area is 119 Å². The van der Waals surface area contributed by atoms with Crippen molar-refractivity contribution in [1.29, 1.82) is 0 Å². The van der Waals surface area contributed by atoms with Gasteiger partial charge in [0.1, 0.15) is 5.02 Å². The summed E-state index contributed by atoms with van der Waals surface area (Å²) in [5.41, 5.74) is 0.0368. The van der Waals surface area contributed by atoms with E-state index in [0.29, 0.717) is 11.0 Å². The molecule has 0 unspecified atom stereocenters. The highest BCUT2D eigenvalue weighted by Gasteiger charge is 2.25. The molecule has 2 heterocycles. The van der Waals surface area contributed by atoms with E-state index in [9.17, 15) is 9.59 Å².